The van der Waals surface area contributed by atoms with Crippen LogP contribution in [0.2, 0.25) is 0 Å². The van der Waals surface area contributed by atoms with Crippen molar-refractivity contribution in [3.63, 3.8) is 0 Å². The van der Waals surface area contributed by atoms with Crippen LogP contribution in [-0.2, 0) is 11.2 Å². The molecule has 0 radical (unpaired) electrons. The first kappa shape index (κ1) is 12.5. The van der Waals surface area contributed by atoms with E-state index < -0.39 is 0 Å². The van der Waals surface area contributed by atoms with E-state index in [4.69, 9.17) is 11.6 Å². The fraction of sp³-hybridized carbons (Fsp3) is 0.500. The first-order valence-electron chi connectivity index (χ1n) is 6.32. The van der Waals surface area contributed by atoms with Gasteiger partial charge >= 0.3 is 0 Å². The number of alkyl halides is 1. The van der Waals surface area contributed by atoms with E-state index in [2.05, 4.69) is 34.2 Å². The van der Waals surface area contributed by atoms with Crippen molar-refractivity contribution in [1.29, 1.82) is 0 Å². The molecule has 2 nitrogen and oxygen atoms in total. The van der Waals surface area contributed by atoms with Crippen LogP contribution in [0, 0.1) is 11.8 Å². The van der Waals surface area contributed by atoms with Gasteiger partial charge < -0.3 is 5.32 Å². The Labute approximate surface area is 120 Å². The number of hydrogen-bond donors (Lipinski definition) is 1. The summed E-state index contributed by atoms with van der Waals surface area (Å²) in [5, 5.41) is 2.88. The van der Waals surface area contributed by atoms with Crippen molar-refractivity contribution < 1.29 is 4.79 Å². The third-order valence-corrected chi connectivity index (χ3v) is 5.29. The summed E-state index contributed by atoms with van der Waals surface area (Å²) in [5.74, 6) is 1.33. The minimum atomic E-state index is 0.0212. The van der Waals surface area contributed by atoms with E-state index in [0.717, 1.165) is 27.2 Å². The van der Waals surface area contributed by atoms with Crippen LogP contribution >= 0.6 is 27.5 Å². The molecule has 18 heavy (non-hydrogen) atoms. The molecule has 0 bridgehead atoms. The molecular formula is C14H15BrClNO. The second-order valence-corrected chi connectivity index (χ2v) is 6.68. The summed E-state index contributed by atoms with van der Waals surface area (Å²) in [6.45, 7) is 2.22. The molecule has 2 unspecified atom stereocenters. The Morgan fingerprint density at radius 2 is 2.17 bits per heavy atom. The van der Waals surface area contributed by atoms with Crippen molar-refractivity contribution in [3.8, 4) is 0 Å². The fourth-order valence-electron chi connectivity index (χ4n) is 2.62. The molecule has 1 aromatic rings. The van der Waals surface area contributed by atoms with Crippen LogP contribution in [0.25, 0.3) is 0 Å². The van der Waals surface area contributed by atoms with E-state index in [0.29, 0.717) is 12.3 Å². The van der Waals surface area contributed by atoms with Crippen molar-refractivity contribution in [3.05, 3.63) is 27.7 Å². The molecule has 1 aromatic carbocycles. The predicted molar refractivity (Wildman–Crippen MR) is 77.0 cm³/mol. The van der Waals surface area contributed by atoms with Gasteiger partial charge in [0.05, 0.1) is 11.8 Å². The Kier molecular flexibility index (Phi) is 3.15. The normalized spacial score (nSPS) is 21.4. The molecule has 1 fully saturated rings. The van der Waals surface area contributed by atoms with Gasteiger partial charge in [0, 0.05) is 10.2 Å². The maximum absolute atomic E-state index is 11.4. The lowest BCUT2D eigenvalue weighted by atomic mass is 9.94. The molecule has 0 spiro atoms. The van der Waals surface area contributed by atoms with Crippen molar-refractivity contribution >= 4 is 39.1 Å². The fourth-order valence-corrected chi connectivity index (χ4v) is 3.73. The first-order chi connectivity index (χ1) is 8.56. The number of nitrogens with one attached hydrogen (secondary N) is 1. The standard InChI is InChI=1S/C14H15BrClNO/c1-7(8-2-3-8)14(16)10-4-9-5-13(18)17-12(9)6-11(10)15/h4,6-8,14H,2-3,5H2,1H3,(H,17,18). The lowest BCUT2D eigenvalue weighted by Crippen LogP contribution is -2.07. The number of carbonyl (C=O) groups is 1. The van der Waals surface area contributed by atoms with Crippen LogP contribution in [0.1, 0.15) is 36.3 Å². The van der Waals surface area contributed by atoms with Gasteiger partial charge in [-0.3, -0.25) is 4.79 Å². The van der Waals surface area contributed by atoms with Crippen LogP contribution in [0.3, 0.4) is 0 Å². The highest BCUT2D eigenvalue weighted by Gasteiger charge is 2.34. The van der Waals surface area contributed by atoms with E-state index >= 15 is 0 Å². The molecule has 1 aliphatic heterocycles. The summed E-state index contributed by atoms with van der Waals surface area (Å²) in [6.07, 6.45) is 3.07. The zero-order chi connectivity index (χ0) is 12.9. The summed E-state index contributed by atoms with van der Waals surface area (Å²) in [5.41, 5.74) is 3.09. The predicted octanol–water partition coefficient (Wildman–Crippen LogP) is 4.27. The van der Waals surface area contributed by atoms with Gasteiger partial charge in [-0.2, -0.15) is 0 Å². The third kappa shape index (κ3) is 2.19. The van der Waals surface area contributed by atoms with E-state index in [1.165, 1.54) is 12.8 Å². The van der Waals surface area contributed by atoms with Crippen molar-refractivity contribution in [2.75, 3.05) is 5.32 Å². The summed E-state index contributed by atoms with van der Waals surface area (Å²) >= 11 is 10.2. The van der Waals surface area contributed by atoms with E-state index in [1.807, 2.05) is 6.07 Å². The van der Waals surface area contributed by atoms with Crippen LogP contribution < -0.4 is 5.32 Å². The van der Waals surface area contributed by atoms with Crippen LogP contribution in [0.15, 0.2) is 16.6 Å². The lowest BCUT2D eigenvalue weighted by molar-refractivity contribution is -0.115. The van der Waals surface area contributed by atoms with Gasteiger partial charge in [-0.05, 0) is 41.9 Å². The molecule has 2 atom stereocenters. The van der Waals surface area contributed by atoms with Gasteiger partial charge in [-0.25, -0.2) is 0 Å². The SMILES string of the molecule is CC(C1CC1)C(Cl)c1cc2c(cc1Br)NC(=O)C2. The summed E-state index contributed by atoms with van der Waals surface area (Å²) in [6, 6.07) is 4.05. The number of fused-ring (bicyclic) bond motifs is 1. The van der Waals surface area contributed by atoms with Crippen LogP contribution in [0.4, 0.5) is 5.69 Å². The van der Waals surface area contributed by atoms with Gasteiger partial charge in [0.15, 0.2) is 0 Å². The van der Waals surface area contributed by atoms with Crippen molar-refractivity contribution in [1.82, 2.24) is 0 Å². The molecule has 1 heterocycles. The molecule has 1 N–H and O–H groups in total. The van der Waals surface area contributed by atoms with Gasteiger partial charge in [0.1, 0.15) is 0 Å². The Morgan fingerprint density at radius 3 is 2.83 bits per heavy atom. The maximum atomic E-state index is 11.4. The van der Waals surface area contributed by atoms with Gasteiger partial charge in [-0.15, -0.1) is 11.6 Å². The van der Waals surface area contributed by atoms with Crippen molar-refractivity contribution in [2.45, 2.75) is 31.6 Å². The van der Waals surface area contributed by atoms with Crippen LogP contribution in [-0.4, -0.2) is 5.91 Å². The second kappa shape index (κ2) is 4.53. The Hall–Kier alpha value is -0.540. The minimum absolute atomic E-state index is 0.0212. The number of hydrogen-bond acceptors (Lipinski definition) is 1. The van der Waals surface area contributed by atoms with E-state index in [1.54, 1.807) is 0 Å². The van der Waals surface area contributed by atoms with Crippen LogP contribution in [0.5, 0.6) is 0 Å². The second-order valence-electron chi connectivity index (χ2n) is 5.35. The average molecular weight is 329 g/mol. The lowest BCUT2D eigenvalue weighted by Gasteiger charge is -2.20. The Bertz CT molecular complexity index is 513. The average Bonchev–Trinajstić information content (AvgIpc) is 3.09. The highest BCUT2D eigenvalue weighted by Crippen LogP contribution is 2.47. The number of benzene rings is 1. The number of carbonyl (C=O) groups excluding carboxylic acids is 1. The molecule has 0 aromatic heterocycles. The third-order valence-electron chi connectivity index (χ3n) is 3.97. The van der Waals surface area contributed by atoms with E-state index in [9.17, 15) is 4.79 Å². The molecule has 2 aliphatic rings. The number of halogens is 2. The maximum Gasteiger partial charge on any atom is 0.228 e. The first-order valence-corrected chi connectivity index (χ1v) is 7.55. The smallest absolute Gasteiger partial charge is 0.228 e. The summed E-state index contributed by atoms with van der Waals surface area (Å²) in [4.78, 5) is 11.4. The van der Waals surface area contributed by atoms with Crippen molar-refractivity contribution in [2.24, 2.45) is 11.8 Å². The molecule has 4 heteroatoms. The highest BCUT2D eigenvalue weighted by molar-refractivity contribution is 9.10. The molecule has 96 valence electrons. The number of rotatable bonds is 3. The Balaban J connectivity index is 1.92. The van der Waals surface area contributed by atoms with E-state index in [-0.39, 0.29) is 11.3 Å². The van der Waals surface area contributed by atoms with Gasteiger partial charge in [0.25, 0.3) is 0 Å². The largest absolute Gasteiger partial charge is 0.325 e. The molecular weight excluding hydrogens is 314 g/mol. The zero-order valence-electron chi connectivity index (χ0n) is 10.2. The van der Waals surface area contributed by atoms with Gasteiger partial charge in [0.2, 0.25) is 5.91 Å². The molecule has 1 saturated carbocycles. The quantitative estimate of drug-likeness (QED) is 0.825. The minimum Gasteiger partial charge on any atom is -0.325 e. The highest BCUT2D eigenvalue weighted by atomic mass is 79.9. The molecule has 1 amide bonds. The monoisotopic (exact) mass is 327 g/mol. The molecule has 3 rings (SSSR count). The summed E-state index contributed by atoms with van der Waals surface area (Å²) in [7, 11) is 0. The topological polar surface area (TPSA) is 29.1 Å². The zero-order valence-corrected chi connectivity index (χ0v) is 12.5. The number of anilines is 1. The van der Waals surface area contributed by atoms with Gasteiger partial charge in [-0.1, -0.05) is 28.9 Å². The molecule has 1 aliphatic carbocycles. The number of amides is 1. The Morgan fingerprint density at radius 1 is 1.44 bits per heavy atom. The molecule has 0 saturated heterocycles. The summed E-state index contributed by atoms with van der Waals surface area (Å²) < 4.78 is 0.996.